The summed E-state index contributed by atoms with van der Waals surface area (Å²) < 4.78 is 10.7. The Kier molecular flexibility index (Phi) is 11.0. The molecule has 0 aromatic heterocycles. The van der Waals surface area contributed by atoms with E-state index in [0.717, 1.165) is 49.9 Å². The Hall–Kier alpha value is -1.56. The summed E-state index contributed by atoms with van der Waals surface area (Å²) in [6, 6.07) is 6.08. The fourth-order valence-electron chi connectivity index (χ4n) is 2.45. The molecule has 142 valence electrons. The van der Waals surface area contributed by atoms with Crippen LogP contribution in [0.25, 0.3) is 0 Å². The van der Waals surface area contributed by atoms with E-state index in [2.05, 4.69) is 36.5 Å². The lowest BCUT2D eigenvalue weighted by atomic mass is 10.1. The van der Waals surface area contributed by atoms with Crippen LogP contribution in [0.5, 0.6) is 11.5 Å². The first-order valence-electron chi connectivity index (χ1n) is 8.85. The normalized spacial score (nSPS) is 11.3. The molecule has 0 unspecified atom stereocenters. The summed E-state index contributed by atoms with van der Waals surface area (Å²) in [6.45, 7) is 4.76. The topological polar surface area (TPSA) is 46.1 Å². The molecule has 6 heteroatoms. The van der Waals surface area contributed by atoms with Crippen molar-refractivity contribution in [2.24, 2.45) is 4.99 Å². The molecule has 0 aliphatic heterocycles. The van der Waals surface area contributed by atoms with Crippen LogP contribution in [0, 0.1) is 0 Å². The largest absolute Gasteiger partial charge is 0.493 e. The number of benzene rings is 1. The van der Waals surface area contributed by atoms with Gasteiger partial charge in [0.05, 0.1) is 14.2 Å². The van der Waals surface area contributed by atoms with E-state index in [4.69, 9.17) is 14.5 Å². The monoisotopic (exact) mass is 367 g/mol. The Labute approximate surface area is 157 Å². The van der Waals surface area contributed by atoms with Crippen LogP contribution >= 0.6 is 11.8 Å². The van der Waals surface area contributed by atoms with E-state index in [1.807, 2.05) is 23.9 Å². The quantitative estimate of drug-likeness (QED) is 0.369. The number of hydrogen-bond acceptors (Lipinski definition) is 4. The van der Waals surface area contributed by atoms with Gasteiger partial charge in [0.1, 0.15) is 0 Å². The lowest BCUT2D eigenvalue weighted by molar-refractivity contribution is 0.354. The van der Waals surface area contributed by atoms with Crippen molar-refractivity contribution in [3.05, 3.63) is 23.8 Å². The molecule has 0 heterocycles. The van der Waals surface area contributed by atoms with Crippen LogP contribution in [-0.2, 0) is 6.42 Å². The summed E-state index contributed by atoms with van der Waals surface area (Å²) in [5.41, 5.74) is 1.22. The highest BCUT2D eigenvalue weighted by atomic mass is 32.2. The molecule has 0 radical (unpaired) electrons. The Morgan fingerprint density at radius 1 is 1.20 bits per heavy atom. The van der Waals surface area contributed by atoms with Crippen molar-refractivity contribution in [2.45, 2.75) is 26.2 Å². The first-order chi connectivity index (χ1) is 12.2. The van der Waals surface area contributed by atoms with Gasteiger partial charge in [-0.25, -0.2) is 0 Å². The van der Waals surface area contributed by atoms with Crippen molar-refractivity contribution >= 4 is 17.7 Å². The molecular formula is C19H33N3O2S. The number of hydrogen-bond donors (Lipinski definition) is 1. The highest BCUT2D eigenvalue weighted by molar-refractivity contribution is 7.98. The van der Waals surface area contributed by atoms with E-state index in [-0.39, 0.29) is 0 Å². The molecule has 0 saturated heterocycles. The number of nitrogens with one attached hydrogen (secondary N) is 1. The Morgan fingerprint density at radius 2 is 1.96 bits per heavy atom. The third-order valence-electron chi connectivity index (χ3n) is 3.90. The number of ether oxygens (including phenoxy) is 2. The maximum Gasteiger partial charge on any atom is 0.193 e. The van der Waals surface area contributed by atoms with Gasteiger partial charge in [0.2, 0.25) is 0 Å². The van der Waals surface area contributed by atoms with E-state index in [9.17, 15) is 0 Å². The van der Waals surface area contributed by atoms with E-state index in [1.54, 1.807) is 14.2 Å². The SMILES string of the molecule is CCNC(=NCCCCSC)N(C)CCc1ccc(OC)c(OC)c1. The van der Waals surface area contributed by atoms with Gasteiger partial charge in [0.15, 0.2) is 17.5 Å². The standard InChI is InChI=1S/C19H33N3O2S/c1-6-20-19(21-12-7-8-14-25-5)22(2)13-11-16-9-10-17(23-3)18(15-16)24-4/h9-10,15H,6-8,11-14H2,1-5H3,(H,20,21). The second-order valence-electron chi connectivity index (χ2n) is 5.80. The number of nitrogens with zero attached hydrogens (tertiary/aromatic N) is 2. The summed E-state index contributed by atoms with van der Waals surface area (Å²) in [6.07, 6.45) is 5.43. The molecule has 0 bridgehead atoms. The zero-order valence-electron chi connectivity index (χ0n) is 16.3. The molecule has 1 aromatic rings. The van der Waals surface area contributed by atoms with Gasteiger partial charge in [-0.2, -0.15) is 11.8 Å². The third-order valence-corrected chi connectivity index (χ3v) is 4.60. The first kappa shape index (κ1) is 21.5. The molecule has 1 N–H and O–H groups in total. The fraction of sp³-hybridized carbons (Fsp3) is 0.632. The number of rotatable bonds is 11. The molecule has 0 aliphatic carbocycles. The number of thioether (sulfide) groups is 1. The number of unbranched alkanes of at least 4 members (excludes halogenated alkanes) is 1. The van der Waals surface area contributed by atoms with Crippen LogP contribution in [0.15, 0.2) is 23.2 Å². The Morgan fingerprint density at radius 3 is 2.60 bits per heavy atom. The van der Waals surface area contributed by atoms with Crippen molar-refractivity contribution in [2.75, 3.05) is 52.9 Å². The molecule has 0 fully saturated rings. The van der Waals surface area contributed by atoms with Crippen molar-refractivity contribution < 1.29 is 9.47 Å². The summed E-state index contributed by atoms with van der Waals surface area (Å²) in [5, 5.41) is 3.38. The summed E-state index contributed by atoms with van der Waals surface area (Å²) in [5.74, 6) is 3.73. The highest BCUT2D eigenvalue weighted by Gasteiger charge is 2.08. The minimum atomic E-state index is 0.764. The molecule has 1 rings (SSSR count). The maximum atomic E-state index is 5.38. The molecule has 0 spiro atoms. The van der Waals surface area contributed by atoms with Gasteiger partial charge in [-0.05, 0) is 55.9 Å². The molecule has 0 saturated carbocycles. The van der Waals surface area contributed by atoms with Gasteiger partial charge in [0, 0.05) is 26.7 Å². The molecule has 5 nitrogen and oxygen atoms in total. The van der Waals surface area contributed by atoms with Crippen molar-refractivity contribution in [3.63, 3.8) is 0 Å². The summed E-state index contributed by atoms with van der Waals surface area (Å²) in [7, 11) is 5.41. The van der Waals surface area contributed by atoms with Crippen LogP contribution in [0.1, 0.15) is 25.3 Å². The van der Waals surface area contributed by atoms with E-state index < -0.39 is 0 Å². The van der Waals surface area contributed by atoms with Gasteiger partial charge in [-0.15, -0.1) is 0 Å². The summed E-state index contributed by atoms with van der Waals surface area (Å²) in [4.78, 5) is 6.93. The molecule has 0 aliphatic rings. The number of methoxy groups -OCH3 is 2. The second kappa shape index (κ2) is 12.8. The van der Waals surface area contributed by atoms with Crippen LogP contribution in [0.3, 0.4) is 0 Å². The van der Waals surface area contributed by atoms with E-state index in [1.165, 1.54) is 17.7 Å². The van der Waals surface area contributed by atoms with Crippen LogP contribution in [-0.4, -0.2) is 63.8 Å². The van der Waals surface area contributed by atoms with Gasteiger partial charge < -0.3 is 19.7 Å². The van der Waals surface area contributed by atoms with Crippen molar-refractivity contribution in [3.8, 4) is 11.5 Å². The van der Waals surface area contributed by atoms with Crippen molar-refractivity contribution in [1.82, 2.24) is 10.2 Å². The van der Waals surface area contributed by atoms with Gasteiger partial charge in [-0.1, -0.05) is 6.07 Å². The molecule has 0 amide bonds. The smallest absolute Gasteiger partial charge is 0.193 e. The zero-order chi connectivity index (χ0) is 18.5. The molecule has 1 aromatic carbocycles. The predicted octanol–water partition coefficient (Wildman–Crippen LogP) is 3.29. The molecular weight excluding hydrogens is 334 g/mol. The van der Waals surface area contributed by atoms with E-state index in [0.29, 0.717) is 0 Å². The van der Waals surface area contributed by atoms with Crippen LogP contribution < -0.4 is 14.8 Å². The number of likely N-dealkylation sites (N-methyl/N-ethyl adjacent to an activating group) is 1. The lowest BCUT2D eigenvalue weighted by Gasteiger charge is -2.22. The maximum absolute atomic E-state index is 5.38. The number of guanidine groups is 1. The van der Waals surface area contributed by atoms with Crippen LogP contribution in [0.2, 0.25) is 0 Å². The molecule has 0 atom stereocenters. The minimum Gasteiger partial charge on any atom is -0.493 e. The zero-order valence-corrected chi connectivity index (χ0v) is 17.1. The van der Waals surface area contributed by atoms with Gasteiger partial charge >= 0.3 is 0 Å². The van der Waals surface area contributed by atoms with Gasteiger partial charge in [-0.3, -0.25) is 4.99 Å². The van der Waals surface area contributed by atoms with E-state index >= 15 is 0 Å². The summed E-state index contributed by atoms with van der Waals surface area (Å²) >= 11 is 1.89. The fourth-order valence-corrected chi connectivity index (χ4v) is 2.94. The Bertz CT molecular complexity index is 523. The first-order valence-corrected chi connectivity index (χ1v) is 10.2. The second-order valence-corrected chi connectivity index (χ2v) is 6.78. The minimum absolute atomic E-state index is 0.764. The predicted molar refractivity (Wildman–Crippen MR) is 109 cm³/mol. The average Bonchev–Trinajstić information content (AvgIpc) is 2.64. The van der Waals surface area contributed by atoms with Gasteiger partial charge in [0.25, 0.3) is 0 Å². The molecule has 25 heavy (non-hydrogen) atoms. The third kappa shape index (κ3) is 7.90. The number of aliphatic imine (C=N–C) groups is 1. The Balaban J connectivity index is 2.58. The average molecular weight is 368 g/mol. The van der Waals surface area contributed by atoms with Crippen molar-refractivity contribution in [1.29, 1.82) is 0 Å². The lowest BCUT2D eigenvalue weighted by Crippen LogP contribution is -2.40. The highest BCUT2D eigenvalue weighted by Crippen LogP contribution is 2.27. The van der Waals surface area contributed by atoms with Crippen LogP contribution in [0.4, 0.5) is 0 Å².